The molecule has 88 valence electrons. The smallest absolute Gasteiger partial charge is 0.324 e. The number of hydrogen-bond donors (Lipinski definition) is 1. The van der Waals surface area contributed by atoms with Crippen LogP contribution in [0.2, 0.25) is 0 Å². The highest BCUT2D eigenvalue weighted by Crippen LogP contribution is 2.94. The van der Waals surface area contributed by atoms with Crippen molar-refractivity contribution in [3.63, 3.8) is 0 Å². The first kappa shape index (κ1) is 13.3. The molecule has 14 heavy (non-hydrogen) atoms. The van der Waals surface area contributed by atoms with Gasteiger partial charge in [-0.25, -0.2) is 9.52 Å². The quantitative estimate of drug-likeness (QED) is 0.757. The fraction of sp³-hybridized carbons (Fsp3) is 0.800. The van der Waals surface area contributed by atoms with Gasteiger partial charge in [0.05, 0.1) is 0 Å². The molecule has 1 N–H and O–H groups in total. The van der Waals surface area contributed by atoms with Crippen LogP contribution in [-0.2, 0) is 0 Å². The highest BCUT2D eigenvalue weighted by Gasteiger charge is 2.65. The molecule has 0 spiro atoms. The lowest BCUT2D eigenvalue weighted by molar-refractivity contribution is 0.203. The zero-order chi connectivity index (χ0) is 11.7. The lowest BCUT2D eigenvalue weighted by Gasteiger charge is -2.41. The molecule has 0 fully saturated rings. The Morgan fingerprint density at radius 2 is 1.50 bits per heavy atom. The van der Waals surface area contributed by atoms with Crippen LogP contribution in [0.1, 0.15) is 13.8 Å². The summed E-state index contributed by atoms with van der Waals surface area (Å²) in [7, 11) is -9.85. The minimum atomic E-state index is -9.85. The van der Waals surface area contributed by atoms with Gasteiger partial charge in [-0.15, -0.1) is 0 Å². The number of nitrogens with one attached hydrogen (secondary N) is 1. The molecule has 0 aromatic rings. The molecule has 0 bridgehead atoms. The summed E-state index contributed by atoms with van der Waals surface area (Å²) in [4.78, 5) is 11.3. The average Bonchev–Trinajstić information content (AvgIpc) is 1.82. The van der Waals surface area contributed by atoms with E-state index in [2.05, 4.69) is 0 Å². The predicted octanol–water partition coefficient (Wildman–Crippen LogP) is 3.25. The van der Waals surface area contributed by atoms with Crippen LogP contribution in [0.25, 0.3) is 0 Å². The van der Waals surface area contributed by atoms with E-state index < -0.39 is 16.4 Å². The maximum Gasteiger partial charge on any atom is 0.365 e. The van der Waals surface area contributed by atoms with Crippen molar-refractivity contribution in [2.75, 3.05) is 13.1 Å². The Morgan fingerprint density at radius 3 is 1.71 bits per heavy atom. The van der Waals surface area contributed by atoms with Crippen molar-refractivity contribution >= 4 is 16.4 Å². The van der Waals surface area contributed by atoms with Gasteiger partial charge in [-0.1, -0.05) is 19.4 Å². The number of amides is 2. The third kappa shape index (κ3) is 5.84. The molecule has 0 saturated carbocycles. The summed E-state index contributed by atoms with van der Waals surface area (Å²) in [5, 5.41) is 0. The second kappa shape index (κ2) is 2.88. The first-order valence-corrected chi connectivity index (χ1v) is 5.65. The van der Waals surface area contributed by atoms with Crippen LogP contribution in [0, 0.1) is 0 Å². The number of carbonyl (C=O) groups is 1. The summed E-state index contributed by atoms with van der Waals surface area (Å²) < 4.78 is 58.5. The van der Waals surface area contributed by atoms with E-state index in [0.29, 0.717) is 4.90 Å². The Bertz CT molecular complexity index is 232. The minimum Gasteiger partial charge on any atom is -0.324 e. The van der Waals surface area contributed by atoms with Crippen molar-refractivity contribution in [1.29, 1.82) is 0 Å². The number of halogens is 5. The summed E-state index contributed by atoms with van der Waals surface area (Å²) in [6.07, 6.45) is 0. The van der Waals surface area contributed by atoms with E-state index in [4.69, 9.17) is 0 Å². The molecule has 0 atom stereocenters. The van der Waals surface area contributed by atoms with Crippen LogP contribution in [0.5, 0.6) is 0 Å². The summed E-state index contributed by atoms with van der Waals surface area (Å²) in [6, 6.07) is -1.82. The second-order valence-electron chi connectivity index (χ2n) is 2.55. The van der Waals surface area contributed by atoms with E-state index in [1.807, 2.05) is 0 Å². The number of carbonyl (C=O) groups excluding carboxylic acids is 1. The summed E-state index contributed by atoms with van der Waals surface area (Å²) in [6.45, 7) is 2.62. The van der Waals surface area contributed by atoms with Crippen molar-refractivity contribution in [2.24, 2.45) is 0 Å². The molecule has 0 radical (unpaired) electrons. The van der Waals surface area contributed by atoms with Gasteiger partial charge in [0.1, 0.15) is 0 Å². The van der Waals surface area contributed by atoms with E-state index in [0.717, 1.165) is 0 Å². The molecular formula is C5H11F5N2OS. The van der Waals surface area contributed by atoms with E-state index in [-0.39, 0.29) is 17.8 Å². The topological polar surface area (TPSA) is 32.3 Å². The van der Waals surface area contributed by atoms with Crippen LogP contribution in [0.15, 0.2) is 0 Å². The monoisotopic (exact) mass is 242 g/mol. The lowest BCUT2D eigenvalue weighted by atomic mass is 10.5. The van der Waals surface area contributed by atoms with Gasteiger partial charge in [0.2, 0.25) is 0 Å². The largest absolute Gasteiger partial charge is 0.365 e. The highest BCUT2D eigenvalue weighted by molar-refractivity contribution is 8.44. The number of urea groups is 1. The summed E-state index contributed by atoms with van der Waals surface area (Å²) in [5.74, 6) is 0. The van der Waals surface area contributed by atoms with Gasteiger partial charge in [-0.05, 0) is 13.8 Å². The molecule has 0 aromatic carbocycles. The number of rotatable bonds is 3. The molecule has 0 unspecified atom stereocenters. The summed E-state index contributed by atoms with van der Waals surface area (Å²) in [5.41, 5.74) is 0. The zero-order valence-corrected chi connectivity index (χ0v) is 8.38. The van der Waals surface area contributed by atoms with E-state index in [9.17, 15) is 24.2 Å². The normalized spacial score (nSPS) is 16.8. The lowest BCUT2D eigenvalue weighted by Crippen LogP contribution is -2.44. The Hall–Kier alpha value is -0.730. The van der Waals surface area contributed by atoms with Crippen molar-refractivity contribution in [3.8, 4) is 0 Å². The fourth-order valence-corrected chi connectivity index (χ4v) is 1.20. The SMILES string of the molecule is CCN(CC)C(=O)NS(F)(F)(F)(F)F. The molecule has 0 aromatic heterocycles. The second-order valence-corrected chi connectivity index (χ2v) is 4.69. The van der Waals surface area contributed by atoms with Gasteiger partial charge < -0.3 is 4.90 Å². The average molecular weight is 242 g/mol. The van der Waals surface area contributed by atoms with Gasteiger partial charge in [-0.2, -0.15) is 0 Å². The Morgan fingerprint density at radius 1 is 1.14 bits per heavy atom. The summed E-state index contributed by atoms with van der Waals surface area (Å²) >= 11 is 0. The van der Waals surface area contributed by atoms with Crippen LogP contribution in [-0.4, -0.2) is 24.0 Å². The first-order chi connectivity index (χ1) is 5.88. The van der Waals surface area contributed by atoms with Crippen molar-refractivity contribution in [2.45, 2.75) is 13.8 Å². The highest BCUT2D eigenvalue weighted by atomic mass is 32.5. The third-order valence-electron chi connectivity index (χ3n) is 1.33. The molecule has 9 heteroatoms. The Labute approximate surface area is 78.1 Å². The van der Waals surface area contributed by atoms with E-state index in [1.54, 1.807) is 0 Å². The number of nitrogens with zero attached hydrogens (tertiary/aromatic N) is 1. The standard InChI is InChI=1S/C5H11F5N2OS/c1-3-12(4-2)5(13)11-14(6,7,8,9)10/h3-4H2,1-2H3,(H,11,13). The Balaban J connectivity index is 4.65. The molecule has 0 aliphatic carbocycles. The number of hydrogen-bond acceptors (Lipinski definition) is 1. The van der Waals surface area contributed by atoms with Gasteiger partial charge in [0.25, 0.3) is 0 Å². The van der Waals surface area contributed by atoms with Gasteiger partial charge >= 0.3 is 16.4 Å². The third-order valence-corrected chi connectivity index (χ3v) is 1.89. The van der Waals surface area contributed by atoms with Crippen LogP contribution in [0.4, 0.5) is 24.2 Å². The van der Waals surface area contributed by atoms with Crippen LogP contribution < -0.4 is 4.72 Å². The predicted molar refractivity (Wildman–Crippen MR) is 44.6 cm³/mol. The molecule has 0 aliphatic rings. The molecule has 0 saturated heterocycles. The van der Waals surface area contributed by atoms with Gasteiger partial charge in [0, 0.05) is 13.1 Å². The fourth-order valence-electron chi connectivity index (χ4n) is 0.740. The van der Waals surface area contributed by atoms with Gasteiger partial charge in [0.15, 0.2) is 0 Å². The van der Waals surface area contributed by atoms with Crippen LogP contribution in [0.3, 0.4) is 0 Å². The zero-order valence-electron chi connectivity index (χ0n) is 7.57. The minimum absolute atomic E-state index is 0.0732. The first-order valence-electron chi connectivity index (χ1n) is 3.70. The van der Waals surface area contributed by atoms with Crippen LogP contribution >= 0.6 is 10.4 Å². The molecule has 2 amide bonds. The maximum absolute atomic E-state index is 11.7. The Kier molecular flexibility index (Phi) is 2.73. The molecular weight excluding hydrogens is 231 g/mol. The maximum atomic E-state index is 11.7. The molecule has 3 nitrogen and oxygen atoms in total. The van der Waals surface area contributed by atoms with Crippen molar-refractivity contribution in [1.82, 2.24) is 9.62 Å². The van der Waals surface area contributed by atoms with E-state index in [1.165, 1.54) is 13.8 Å². The van der Waals surface area contributed by atoms with Gasteiger partial charge in [-0.3, -0.25) is 0 Å². The van der Waals surface area contributed by atoms with E-state index >= 15 is 0 Å². The van der Waals surface area contributed by atoms with Crippen molar-refractivity contribution < 1.29 is 24.2 Å². The van der Waals surface area contributed by atoms with Crippen molar-refractivity contribution in [3.05, 3.63) is 0 Å². The molecule has 0 heterocycles. The molecule has 0 aliphatic heterocycles. The molecule has 0 rings (SSSR count).